The maximum Gasteiger partial charge on any atom is 0.252 e. The summed E-state index contributed by atoms with van der Waals surface area (Å²) in [6.07, 6.45) is 5.73. The molecule has 1 aliphatic rings. The van der Waals surface area contributed by atoms with E-state index in [1.54, 1.807) is 29.8 Å². The van der Waals surface area contributed by atoms with Gasteiger partial charge in [0.15, 0.2) is 17.3 Å². The average molecular weight is 522 g/mol. The predicted molar refractivity (Wildman–Crippen MR) is 152 cm³/mol. The van der Waals surface area contributed by atoms with Crippen LogP contribution in [-0.4, -0.2) is 34.2 Å². The summed E-state index contributed by atoms with van der Waals surface area (Å²) in [5.41, 5.74) is 2.42. The minimum atomic E-state index is -0.202. The third-order valence-corrected chi connectivity index (χ3v) is 8.44. The zero-order valence-electron chi connectivity index (χ0n) is 21.1. The Hall–Kier alpha value is -4.06. The number of nitrogens with zero attached hydrogens (tertiary/aromatic N) is 4. The number of nitrogens with one attached hydrogen (secondary N) is 1. The van der Waals surface area contributed by atoms with E-state index in [9.17, 15) is 4.79 Å². The summed E-state index contributed by atoms with van der Waals surface area (Å²) in [5.74, 6) is 1.87. The van der Waals surface area contributed by atoms with Gasteiger partial charge in [-0.1, -0.05) is 30.3 Å². The van der Waals surface area contributed by atoms with Crippen molar-refractivity contribution in [1.82, 2.24) is 19.9 Å². The Labute approximate surface area is 224 Å². The van der Waals surface area contributed by atoms with E-state index in [0.717, 1.165) is 57.4 Å². The van der Waals surface area contributed by atoms with Gasteiger partial charge < -0.3 is 10.1 Å². The van der Waals surface area contributed by atoms with Crippen molar-refractivity contribution in [3.8, 4) is 17.1 Å². The number of piperidine rings is 1. The standard InChI is InChI=1S/C30H27N5O2S/c1-19(35-28(36)9-7-25-26-15-23(31-2)6-8-27(26)38-30(25)35)21-4-3-5-22(14-21)29-33-16-24(17-34-29)37-18-20-10-12-32-13-11-20/h3-9,14-17,19-20,32H,10-13,18H2,1H3/t19-/m0/s1. The van der Waals surface area contributed by atoms with Crippen LogP contribution in [0, 0.1) is 12.5 Å². The van der Waals surface area contributed by atoms with Crippen molar-refractivity contribution in [2.75, 3.05) is 19.7 Å². The Balaban J connectivity index is 1.28. The Morgan fingerprint density at radius 1 is 1.11 bits per heavy atom. The molecule has 1 atom stereocenters. The molecule has 1 N–H and O–H groups in total. The summed E-state index contributed by atoms with van der Waals surface area (Å²) < 4.78 is 8.85. The fraction of sp³-hybridized carbons (Fsp3) is 0.267. The molecular formula is C30H27N5O2S. The van der Waals surface area contributed by atoms with Crippen molar-refractivity contribution in [3.63, 3.8) is 0 Å². The smallest absolute Gasteiger partial charge is 0.252 e. The zero-order chi connectivity index (χ0) is 26.1. The zero-order valence-corrected chi connectivity index (χ0v) is 21.9. The van der Waals surface area contributed by atoms with Crippen LogP contribution in [-0.2, 0) is 0 Å². The lowest BCUT2D eigenvalue weighted by Crippen LogP contribution is -2.30. The van der Waals surface area contributed by atoms with Gasteiger partial charge in [0.2, 0.25) is 0 Å². The van der Waals surface area contributed by atoms with E-state index in [0.29, 0.717) is 29.8 Å². The number of hydrogen-bond acceptors (Lipinski definition) is 6. The van der Waals surface area contributed by atoms with E-state index in [-0.39, 0.29) is 11.6 Å². The molecule has 5 aromatic rings. The second kappa shape index (κ2) is 10.4. The topological polar surface area (TPSA) is 73.4 Å². The van der Waals surface area contributed by atoms with Crippen molar-refractivity contribution in [2.45, 2.75) is 25.8 Å². The largest absolute Gasteiger partial charge is 0.490 e. The molecule has 6 rings (SSSR count). The van der Waals surface area contributed by atoms with Crippen LogP contribution >= 0.6 is 11.3 Å². The molecule has 1 saturated heterocycles. The van der Waals surface area contributed by atoms with Crippen LogP contribution in [0.2, 0.25) is 0 Å². The molecule has 7 nitrogen and oxygen atoms in total. The lowest BCUT2D eigenvalue weighted by atomic mass is 9.99. The van der Waals surface area contributed by atoms with Crippen LogP contribution in [0.15, 0.2) is 71.8 Å². The predicted octanol–water partition coefficient (Wildman–Crippen LogP) is 6.21. The first-order valence-electron chi connectivity index (χ1n) is 12.8. The lowest BCUT2D eigenvalue weighted by molar-refractivity contribution is 0.214. The van der Waals surface area contributed by atoms with Crippen LogP contribution in [0.3, 0.4) is 0 Å². The first kappa shape index (κ1) is 24.3. The number of aromatic nitrogens is 3. The fourth-order valence-electron chi connectivity index (χ4n) is 5.09. The lowest BCUT2D eigenvalue weighted by Gasteiger charge is -2.22. The maximum absolute atomic E-state index is 13.1. The summed E-state index contributed by atoms with van der Waals surface area (Å²) >= 11 is 1.58. The summed E-state index contributed by atoms with van der Waals surface area (Å²) in [4.78, 5) is 26.7. The van der Waals surface area contributed by atoms with Crippen molar-refractivity contribution in [3.05, 3.63) is 94.3 Å². The molecule has 0 spiro atoms. The van der Waals surface area contributed by atoms with Crippen molar-refractivity contribution in [2.24, 2.45) is 5.92 Å². The van der Waals surface area contributed by atoms with E-state index in [4.69, 9.17) is 11.3 Å². The number of hydrogen-bond donors (Lipinski definition) is 1. The molecule has 0 saturated carbocycles. The third-order valence-electron chi connectivity index (χ3n) is 7.26. The summed E-state index contributed by atoms with van der Waals surface area (Å²) in [5, 5.41) is 5.37. The summed E-state index contributed by atoms with van der Waals surface area (Å²) in [6.45, 7) is 12.2. The SMILES string of the molecule is [C-]#[N+]c1ccc2sc3c(ccc(=O)n3[C@@H](C)c3cccc(-c4ncc(OCC5CCNCC5)cn4)c3)c2c1. The molecule has 190 valence electrons. The summed E-state index contributed by atoms with van der Waals surface area (Å²) in [7, 11) is 0. The Bertz CT molecular complexity index is 1710. The van der Waals surface area contributed by atoms with Crippen molar-refractivity contribution in [1.29, 1.82) is 0 Å². The highest BCUT2D eigenvalue weighted by Crippen LogP contribution is 2.37. The van der Waals surface area contributed by atoms with E-state index >= 15 is 0 Å². The molecular weight excluding hydrogens is 494 g/mol. The van der Waals surface area contributed by atoms with E-state index < -0.39 is 0 Å². The molecule has 1 fully saturated rings. The molecule has 3 aromatic heterocycles. The van der Waals surface area contributed by atoms with Crippen LogP contribution in [0.1, 0.15) is 31.4 Å². The van der Waals surface area contributed by atoms with Crippen LogP contribution in [0.5, 0.6) is 5.75 Å². The Morgan fingerprint density at radius 3 is 2.71 bits per heavy atom. The van der Waals surface area contributed by atoms with Gasteiger partial charge in [-0.2, -0.15) is 0 Å². The fourth-order valence-corrected chi connectivity index (χ4v) is 6.35. The average Bonchev–Trinajstić information content (AvgIpc) is 3.34. The van der Waals surface area contributed by atoms with E-state index in [2.05, 4.69) is 20.1 Å². The first-order valence-corrected chi connectivity index (χ1v) is 13.6. The monoisotopic (exact) mass is 521 g/mol. The molecule has 0 aliphatic carbocycles. The van der Waals surface area contributed by atoms with Crippen molar-refractivity contribution < 1.29 is 4.74 Å². The highest BCUT2D eigenvalue weighted by molar-refractivity contribution is 7.25. The van der Waals surface area contributed by atoms with E-state index in [1.165, 1.54) is 0 Å². The highest BCUT2D eigenvalue weighted by atomic mass is 32.1. The number of fused-ring (bicyclic) bond motifs is 3. The number of thiophene rings is 1. The van der Waals surface area contributed by atoms with Gasteiger partial charge in [0.05, 0.1) is 31.6 Å². The minimum Gasteiger partial charge on any atom is -0.490 e. The molecule has 0 bridgehead atoms. The Kier molecular flexibility index (Phi) is 6.62. The minimum absolute atomic E-state index is 0.0566. The molecule has 38 heavy (non-hydrogen) atoms. The molecule has 2 aromatic carbocycles. The van der Waals surface area contributed by atoms with Gasteiger partial charge in [0.25, 0.3) is 5.56 Å². The molecule has 1 aliphatic heterocycles. The molecule has 0 amide bonds. The van der Waals surface area contributed by atoms with Gasteiger partial charge in [-0.05, 0) is 67.9 Å². The van der Waals surface area contributed by atoms with E-state index in [1.807, 2.05) is 60.0 Å². The van der Waals surface area contributed by atoms with Gasteiger partial charge >= 0.3 is 0 Å². The van der Waals surface area contributed by atoms with Crippen LogP contribution in [0.25, 0.3) is 36.5 Å². The third kappa shape index (κ3) is 4.67. The van der Waals surface area contributed by atoms with Gasteiger partial charge in [-0.15, -0.1) is 11.3 Å². The first-order chi connectivity index (χ1) is 18.6. The highest BCUT2D eigenvalue weighted by Gasteiger charge is 2.18. The normalized spacial score (nSPS) is 14.9. The summed E-state index contributed by atoms with van der Waals surface area (Å²) in [6, 6.07) is 17.0. The number of pyridine rings is 1. The number of rotatable bonds is 6. The molecule has 8 heteroatoms. The van der Waals surface area contributed by atoms with Gasteiger partial charge in [0.1, 0.15) is 4.83 Å². The quantitative estimate of drug-likeness (QED) is 0.269. The maximum atomic E-state index is 13.1. The van der Waals surface area contributed by atoms with Crippen LogP contribution in [0.4, 0.5) is 5.69 Å². The Morgan fingerprint density at radius 2 is 1.92 bits per heavy atom. The molecule has 0 radical (unpaired) electrons. The number of ether oxygens (including phenoxy) is 1. The van der Waals surface area contributed by atoms with Crippen LogP contribution < -0.4 is 15.6 Å². The van der Waals surface area contributed by atoms with Crippen molar-refractivity contribution >= 4 is 37.3 Å². The van der Waals surface area contributed by atoms with Gasteiger partial charge in [-0.3, -0.25) is 9.36 Å². The second-order valence-corrected chi connectivity index (χ2v) is 10.7. The van der Waals surface area contributed by atoms with Gasteiger partial charge in [0, 0.05) is 21.7 Å². The number of benzene rings is 2. The van der Waals surface area contributed by atoms with Gasteiger partial charge in [-0.25, -0.2) is 14.8 Å². The molecule has 4 heterocycles. The second-order valence-electron chi connectivity index (χ2n) is 9.70. The molecule has 0 unspecified atom stereocenters.